The molecule has 0 amide bonds. The van der Waals surface area contributed by atoms with Gasteiger partial charge in [0.1, 0.15) is 0 Å². The Labute approximate surface area is 113 Å². The molecule has 3 nitrogen and oxygen atoms in total. The first-order chi connectivity index (χ1) is 8.85. The molecule has 1 unspecified atom stereocenters. The van der Waals surface area contributed by atoms with Crippen molar-refractivity contribution < 1.29 is 13.5 Å². The second kappa shape index (κ2) is 4.79. The van der Waals surface area contributed by atoms with E-state index in [0.29, 0.717) is 5.56 Å². The minimum Gasteiger partial charge on any atom is -0.371 e. The molecule has 2 rings (SSSR count). The van der Waals surface area contributed by atoms with Crippen LogP contribution in [-0.4, -0.2) is 13.5 Å². The van der Waals surface area contributed by atoms with Gasteiger partial charge in [-0.3, -0.25) is 0 Å². The van der Waals surface area contributed by atoms with E-state index in [9.17, 15) is 13.5 Å². The second-order valence-corrected chi connectivity index (χ2v) is 6.94. The van der Waals surface area contributed by atoms with Gasteiger partial charge in [0.25, 0.3) is 0 Å². The molecule has 2 aromatic rings. The normalized spacial score (nSPS) is 14.9. The molecule has 0 saturated carbocycles. The standard InChI is InChI=1S/C15H16O3S/c1-12-8-10-13(11-9-12)15(2,16)19(17,18)14-6-4-3-5-7-14/h3-11,16H,1-2H3. The van der Waals surface area contributed by atoms with Crippen molar-refractivity contribution in [1.82, 2.24) is 0 Å². The number of hydrogen-bond acceptors (Lipinski definition) is 3. The highest BCUT2D eigenvalue weighted by Gasteiger charge is 2.39. The number of aliphatic hydroxyl groups is 1. The summed E-state index contributed by atoms with van der Waals surface area (Å²) in [5.41, 5.74) is 1.37. The van der Waals surface area contributed by atoms with E-state index in [1.54, 1.807) is 42.5 Å². The van der Waals surface area contributed by atoms with Gasteiger partial charge < -0.3 is 5.11 Å². The predicted octanol–water partition coefficient (Wildman–Crippen LogP) is 2.63. The Morgan fingerprint density at radius 3 is 2.00 bits per heavy atom. The minimum absolute atomic E-state index is 0.112. The van der Waals surface area contributed by atoms with Crippen molar-refractivity contribution in [1.29, 1.82) is 0 Å². The van der Waals surface area contributed by atoms with Crippen LogP contribution < -0.4 is 0 Å². The summed E-state index contributed by atoms with van der Waals surface area (Å²) in [6.07, 6.45) is 0. The molecule has 2 aromatic carbocycles. The SMILES string of the molecule is Cc1ccc(C(C)(O)S(=O)(=O)c2ccccc2)cc1. The van der Waals surface area contributed by atoms with E-state index in [2.05, 4.69) is 0 Å². The minimum atomic E-state index is -3.85. The smallest absolute Gasteiger partial charge is 0.211 e. The molecular weight excluding hydrogens is 260 g/mol. The maximum Gasteiger partial charge on any atom is 0.211 e. The lowest BCUT2D eigenvalue weighted by molar-refractivity contribution is 0.145. The highest BCUT2D eigenvalue weighted by molar-refractivity contribution is 7.92. The third kappa shape index (κ3) is 2.41. The number of aryl methyl sites for hydroxylation is 1. The summed E-state index contributed by atoms with van der Waals surface area (Å²) >= 11 is 0. The molecule has 0 saturated heterocycles. The van der Waals surface area contributed by atoms with E-state index in [0.717, 1.165) is 5.56 Å². The molecule has 0 spiro atoms. The molecule has 4 heteroatoms. The Balaban J connectivity index is 2.53. The van der Waals surface area contributed by atoms with Crippen LogP contribution in [0.2, 0.25) is 0 Å². The third-order valence-corrected chi connectivity index (χ3v) is 5.34. The highest BCUT2D eigenvalue weighted by Crippen LogP contribution is 2.32. The van der Waals surface area contributed by atoms with Gasteiger partial charge in [0.15, 0.2) is 4.93 Å². The summed E-state index contributed by atoms with van der Waals surface area (Å²) in [5.74, 6) is 0. The zero-order valence-corrected chi connectivity index (χ0v) is 11.7. The van der Waals surface area contributed by atoms with Gasteiger partial charge >= 0.3 is 0 Å². The first-order valence-corrected chi connectivity index (χ1v) is 7.43. The summed E-state index contributed by atoms with van der Waals surface area (Å²) in [6.45, 7) is 3.21. The van der Waals surface area contributed by atoms with Gasteiger partial charge in [-0.1, -0.05) is 48.0 Å². The van der Waals surface area contributed by atoms with Crippen LogP contribution in [0.1, 0.15) is 18.1 Å². The fourth-order valence-corrected chi connectivity index (χ4v) is 3.27. The average Bonchev–Trinajstić information content (AvgIpc) is 2.40. The van der Waals surface area contributed by atoms with Gasteiger partial charge in [-0.25, -0.2) is 8.42 Å². The largest absolute Gasteiger partial charge is 0.371 e. The molecule has 0 heterocycles. The van der Waals surface area contributed by atoms with Crippen molar-refractivity contribution in [2.75, 3.05) is 0 Å². The Bertz CT molecular complexity index is 656. The molecule has 100 valence electrons. The van der Waals surface area contributed by atoms with Gasteiger partial charge in [0, 0.05) is 0 Å². The molecule has 0 aliphatic heterocycles. The topological polar surface area (TPSA) is 54.4 Å². The van der Waals surface area contributed by atoms with Crippen LogP contribution in [0.5, 0.6) is 0 Å². The number of benzene rings is 2. The lowest BCUT2D eigenvalue weighted by atomic mass is 10.1. The zero-order chi connectivity index (χ0) is 14.1. The average molecular weight is 276 g/mol. The van der Waals surface area contributed by atoms with Crippen LogP contribution in [0, 0.1) is 6.92 Å². The van der Waals surface area contributed by atoms with E-state index in [4.69, 9.17) is 0 Å². The number of sulfone groups is 1. The summed E-state index contributed by atoms with van der Waals surface area (Å²) in [7, 11) is -3.85. The first kappa shape index (κ1) is 13.8. The molecule has 0 bridgehead atoms. The van der Waals surface area contributed by atoms with Crippen molar-refractivity contribution in [2.24, 2.45) is 0 Å². The summed E-state index contributed by atoms with van der Waals surface area (Å²) < 4.78 is 25.0. The Morgan fingerprint density at radius 2 is 1.47 bits per heavy atom. The van der Waals surface area contributed by atoms with Crippen LogP contribution in [0.4, 0.5) is 0 Å². The number of hydrogen-bond donors (Lipinski definition) is 1. The molecule has 0 aliphatic carbocycles. The van der Waals surface area contributed by atoms with Gasteiger partial charge in [-0.2, -0.15) is 0 Å². The molecule has 19 heavy (non-hydrogen) atoms. The molecule has 1 atom stereocenters. The monoisotopic (exact) mass is 276 g/mol. The Kier molecular flexibility index (Phi) is 3.47. The quantitative estimate of drug-likeness (QED) is 0.937. The van der Waals surface area contributed by atoms with Gasteiger partial charge in [0.2, 0.25) is 9.84 Å². The molecule has 0 radical (unpaired) electrons. The van der Waals surface area contributed by atoms with Crippen LogP contribution >= 0.6 is 0 Å². The van der Waals surface area contributed by atoms with Crippen LogP contribution in [0.25, 0.3) is 0 Å². The maximum absolute atomic E-state index is 12.5. The van der Waals surface area contributed by atoms with Crippen molar-refractivity contribution >= 4 is 9.84 Å². The summed E-state index contributed by atoms with van der Waals surface area (Å²) in [4.78, 5) is -1.83. The lowest BCUT2D eigenvalue weighted by Gasteiger charge is -2.24. The van der Waals surface area contributed by atoms with E-state index < -0.39 is 14.8 Å². The molecule has 0 aromatic heterocycles. The van der Waals surface area contributed by atoms with E-state index in [-0.39, 0.29) is 4.90 Å². The van der Waals surface area contributed by atoms with Crippen molar-refractivity contribution in [3.63, 3.8) is 0 Å². The van der Waals surface area contributed by atoms with E-state index in [1.165, 1.54) is 19.1 Å². The summed E-state index contributed by atoms with van der Waals surface area (Å²) in [5, 5.41) is 10.5. The second-order valence-electron chi connectivity index (χ2n) is 4.67. The lowest BCUT2D eigenvalue weighted by Crippen LogP contribution is -2.32. The maximum atomic E-state index is 12.5. The molecule has 1 N–H and O–H groups in total. The first-order valence-electron chi connectivity index (χ1n) is 5.95. The highest BCUT2D eigenvalue weighted by atomic mass is 32.2. The van der Waals surface area contributed by atoms with Crippen LogP contribution in [-0.2, 0) is 14.8 Å². The van der Waals surface area contributed by atoms with Crippen molar-refractivity contribution in [3.05, 3.63) is 65.7 Å². The predicted molar refractivity (Wildman–Crippen MR) is 74.4 cm³/mol. The zero-order valence-electron chi connectivity index (χ0n) is 10.9. The molecule has 0 fully saturated rings. The fourth-order valence-electron chi connectivity index (χ4n) is 1.85. The third-order valence-electron chi connectivity index (χ3n) is 3.16. The van der Waals surface area contributed by atoms with E-state index >= 15 is 0 Å². The fraction of sp³-hybridized carbons (Fsp3) is 0.200. The molecule has 0 aliphatic rings. The summed E-state index contributed by atoms with van der Waals surface area (Å²) in [6, 6.07) is 14.8. The van der Waals surface area contributed by atoms with Gasteiger partial charge in [0.05, 0.1) is 4.90 Å². The van der Waals surface area contributed by atoms with Crippen LogP contribution in [0.3, 0.4) is 0 Å². The Hall–Kier alpha value is -1.65. The van der Waals surface area contributed by atoms with Crippen molar-refractivity contribution in [3.8, 4) is 0 Å². The van der Waals surface area contributed by atoms with Gasteiger partial charge in [-0.05, 0) is 31.5 Å². The number of rotatable bonds is 3. The van der Waals surface area contributed by atoms with Crippen LogP contribution in [0.15, 0.2) is 59.5 Å². The molecular formula is C15H16O3S. The van der Waals surface area contributed by atoms with Gasteiger partial charge in [-0.15, -0.1) is 0 Å². The van der Waals surface area contributed by atoms with E-state index in [1.807, 2.05) is 6.92 Å². The van der Waals surface area contributed by atoms with Crippen molar-refractivity contribution in [2.45, 2.75) is 23.7 Å². The Morgan fingerprint density at radius 1 is 0.947 bits per heavy atom.